The molecule has 2 nitrogen and oxygen atoms in total. The Balaban J connectivity index is 2.32. The summed E-state index contributed by atoms with van der Waals surface area (Å²) in [6.07, 6.45) is 3.47. The van der Waals surface area contributed by atoms with Gasteiger partial charge in [0, 0.05) is 4.90 Å². The van der Waals surface area contributed by atoms with Crippen LogP contribution in [0.5, 0.6) is 5.75 Å². The Bertz CT molecular complexity index is 269. The molecule has 0 atom stereocenters. The second kappa shape index (κ2) is 6.38. The van der Waals surface area contributed by atoms with Crippen LogP contribution in [0, 0.1) is 0 Å². The average molecular weight is 210 g/mol. The third-order valence-corrected chi connectivity index (χ3v) is 2.39. The van der Waals surface area contributed by atoms with E-state index in [-0.39, 0.29) is 0 Å². The van der Waals surface area contributed by atoms with Crippen molar-refractivity contribution in [1.29, 1.82) is 0 Å². The van der Waals surface area contributed by atoms with Crippen LogP contribution >= 0.6 is 11.8 Å². The monoisotopic (exact) mass is 210 g/mol. The number of hydrogen-bond acceptors (Lipinski definition) is 3. The summed E-state index contributed by atoms with van der Waals surface area (Å²) < 4.78 is 10.4. The normalized spacial score (nSPS) is 9.50. The van der Waals surface area contributed by atoms with Crippen molar-refractivity contribution < 1.29 is 9.47 Å². The molecule has 0 aliphatic heterocycles. The Morgan fingerprint density at radius 1 is 1.29 bits per heavy atom. The first kappa shape index (κ1) is 11.0. The minimum Gasteiger partial charge on any atom is -0.498 e. The summed E-state index contributed by atoms with van der Waals surface area (Å²) in [5.74, 6) is 0.871. The van der Waals surface area contributed by atoms with Crippen LogP contribution in [0.4, 0.5) is 0 Å². The molecule has 76 valence electrons. The minimum absolute atomic E-state index is 0.535. The van der Waals surface area contributed by atoms with Crippen molar-refractivity contribution in [3.8, 4) is 5.75 Å². The van der Waals surface area contributed by atoms with Gasteiger partial charge in [0.15, 0.2) is 0 Å². The lowest BCUT2D eigenvalue weighted by atomic mass is 10.3. The summed E-state index contributed by atoms with van der Waals surface area (Å²) in [6, 6.07) is 7.99. The Morgan fingerprint density at radius 3 is 2.57 bits per heavy atom. The van der Waals surface area contributed by atoms with Crippen LogP contribution in [0.15, 0.2) is 42.0 Å². The molecule has 0 bridgehead atoms. The molecule has 0 amide bonds. The van der Waals surface area contributed by atoms with Gasteiger partial charge in [0.1, 0.15) is 19.0 Å². The number of ether oxygens (including phenoxy) is 2. The maximum absolute atomic E-state index is 5.43. The van der Waals surface area contributed by atoms with Gasteiger partial charge in [0.05, 0.1) is 6.26 Å². The standard InChI is InChI=1S/C11H14O2S/c1-3-12-8-9-13-10-4-6-11(14-2)7-5-10/h3-7H,1,8-9H2,2H3. The van der Waals surface area contributed by atoms with Gasteiger partial charge in [-0.2, -0.15) is 0 Å². The fraction of sp³-hybridized carbons (Fsp3) is 0.273. The van der Waals surface area contributed by atoms with E-state index < -0.39 is 0 Å². The van der Waals surface area contributed by atoms with Gasteiger partial charge in [-0.05, 0) is 30.5 Å². The van der Waals surface area contributed by atoms with Gasteiger partial charge in [-0.25, -0.2) is 0 Å². The fourth-order valence-electron chi connectivity index (χ4n) is 0.963. The summed E-state index contributed by atoms with van der Waals surface area (Å²) >= 11 is 1.72. The van der Waals surface area contributed by atoms with Crippen molar-refractivity contribution in [1.82, 2.24) is 0 Å². The van der Waals surface area contributed by atoms with Gasteiger partial charge < -0.3 is 9.47 Å². The van der Waals surface area contributed by atoms with Crippen LogP contribution in [-0.2, 0) is 4.74 Å². The van der Waals surface area contributed by atoms with Crippen LogP contribution < -0.4 is 4.74 Å². The smallest absolute Gasteiger partial charge is 0.122 e. The zero-order chi connectivity index (χ0) is 10.2. The molecule has 0 N–H and O–H groups in total. The van der Waals surface area contributed by atoms with Crippen molar-refractivity contribution in [2.75, 3.05) is 19.5 Å². The van der Waals surface area contributed by atoms with E-state index in [1.807, 2.05) is 30.5 Å². The van der Waals surface area contributed by atoms with Crippen molar-refractivity contribution >= 4 is 11.8 Å². The number of benzene rings is 1. The molecule has 1 aromatic rings. The van der Waals surface area contributed by atoms with Crippen LogP contribution in [0.25, 0.3) is 0 Å². The second-order valence-corrected chi connectivity index (χ2v) is 3.44. The molecule has 0 saturated carbocycles. The first-order valence-corrected chi connectivity index (χ1v) is 5.58. The highest BCUT2D eigenvalue weighted by Crippen LogP contribution is 2.18. The highest BCUT2D eigenvalue weighted by atomic mass is 32.2. The third kappa shape index (κ3) is 3.75. The molecule has 0 aliphatic rings. The molecule has 0 aliphatic carbocycles. The first-order chi connectivity index (χ1) is 6.86. The van der Waals surface area contributed by atoms with Crippen LogP contribution in [0.3, 0.4) is 0 Å². The van der Waals surface area contributed by atoms with Gasteiger partial charge in [-0.15, -0.1) is 11.8 Å². The maximum Gasteiger partial charge on any atom is 0.122 e. The Hall–Kier alpha value is -1.09. The maximum atomic E-state index is 5.43. The van der Waals surface area contributed by atoms with Gasteiger partial charge in [-0.1, -0.05) is 6.58 Å². The largest absolute Gasteiger partial charge is 0.498 e. The summed E-state index contributed by atoms with van der Waals surface area (Å²) in [6.45, 7) is 4.53. The topological polar surface area (TPSA) is 18.5 Å². The van der Waals surface area contributed by atoms with Crippen LogP contribution in [-0.4, -0.2) is 19.5 Å². The lowest BCUT2D eigenvalue weighted by Gasteiger charge is -2.05. The van der Waals surface area contributed by atoms with Gasteiger partial charge >= 0.3 is 0 Å². The van der Waals surface area contributed by atoms with Crippen molar-refractivity contribution in [3.05, 3.63) is 37.1 Å². The minimum atomic E-state index is 0.535. The average Bonchev–Trinajstić information content (AvgIpc) is 2.25. The zero-order valence-electron chi connectivity index (χ0n) is 8.23. The molecule has 0 radical (unpaired) electrons. The van der Waals surface area contributed by atoms with E-state index in [0.717, 1.165) is 5.75 Å². The molecule has 0 unspecified atom stereocenters. The molecule has 0 spiro atoms. The summed E-state index contributed by atoms with van der Waals surface area (Å²) in [5, 5.41) is 0. The SMILES string of the molecule is C=COCCOc1ccc(SC)cc1. The van der Waals surface area contributed by atoms with E-state index in [2.05, 4.69) is 6.58 Å². The van der Waals surface area contributed by atoms with E-state index in [0.29, 0.717) is 13.2 Å². The second-order valence-electron chi connectivity index (χ2n) is 2.56. The van der Waals surface area contributed by atoms with Crippen molar-refractivity contribution in [2.24, 2.45) is 0 Å². The predicted molar refractivity (Wildman–Crippen MR) is 59.9 cm³/mol. The molecule has 1 rings (SSSR count). The molecule has 1 aromatic carbocycles. The summed E-state index contributed by atoms with van der Waals surface area (Å²) in [7, 11) is 0. The lowest BCUT2D eigenvalue weighted by Crippen LogP contribution is -2.03. The number of thioether (sulfide) groups is 1. The highest BCUT2D eigenvalue weighted by molar-refractivity contribution is 7.98. The van der Waals surface area contributed by atoms with Gasteiger partial charge in [-0.3, -0.25) is 0 Å². The zero-order valence-corrected chi connectivity index (χ0v) is 9.05. The van der Waals surface area contributed by atoms with E-state index in [9.17, 15) is 0 Å². The molecule has 3 heteroatoms. The Labute approximate surface area is 88.9 Å². The van der Waals surface area contributed by atoms with Crippen LogP contribution in [0.2, 0.25) is 0 Å². The predicted octanol–water partition coefficient (Wildman–Crippen LogP) is 2.95. The summed E-state index contributed by atoms with van der Waals surface area (Å²) in [5.41, 5.74) is 0. The van der Waals surface area contributed by atoms with E-state index in [1.165, 1.54) is 11.2 Å². The third-order valence-electron chi connectivity index (χ3n) is 1.65. The molecule has 0 fully saturated rings. The van der Waals surface area contributed by atoms with E-state index >= 15 is 0 Å². The summed E-state index contributed by atoms with van der Waals surface area (Å²) in [4.78, 5) is 1.24. The highest BCUT2D eigenvalue weighted by Gasteiger charge is 1.93. The number of rotatable bonds is 6. The molecule has 0 heterocycles. The van der Waals surface area contributed by atoms with E-state index in [1.54, 1.807) is 11.8 Å². The molecule has 0 saturated heterocycles. The van der Waals surface area contributed by atoms with Crippen LogP contribution in [0.1, 0.15) is 0 Å². The fourth-order valence-corrected chi connectivity index (χ4v) is 1.37. The van der Waals surface area contributed by atoms with Gasteiger partial charge in [0.2, 0.25) is 0 Å². The molecular formula is C11H14O2S. The van der Waals surface area contributed by atoms with Crippen molar-refractivity contribution in [2.45, 2.75) is 4.90 Å². The molecule has 14 heavy (non-hydrogen) atoms. The molecular weight excluding hydrogens is 196 g/mol. The van der Waals surface area contributed by atoms with E-state index in [4.69, 9.17) is 9.47 Å². The first-order valence-electron chi connectivity index (χ1n) is 4.36. The van der Waals surface area contributed by atoms with Gasteiger partial charge in [0.25, 0.3) is 0 Å². The molecule has 0 aromatic heterocycles. The number of hydrogen-bond donors (Lipinski definition) is 0. The Morgan fingerprint density at radius 2 is 2.00 bits per heavy atom. The van der Waals surface area contributed by atoms with Crippen molar-refractivity contribution in [3.63, 3.8) is 0 Å². The lowest BCUT2D eigenvalue weighted by molar-refractivity contribution is 0.179. The quantitative estimate of drug-likeness (QED) is 0.408. The Kier molecular flexibility index (Phi) is 5.00.